The van der Waals surface area contributed by atoms with Crippen molar-refractivity contribution in [3.05, 3.63) is 94.3 Å². The van der Waals surface area contributed by atoms with Crippen LogP contribution in [0.1, 0.15) is 34.5 Å². The highest BCUT2D eigenvalue weighted by Gasteiger charge is 2.24. The van der Waals surface area contributed by atoms with Crippen LogP contribution in [0.2, 0.25) is 0 Å². The number of hydrogen-bond donors (Lipinski definition) is 1. The molecule has 0 aliphatic heterocycles. The normalized spacial score (nSPS) is 13.2. The van der Waals surface area contributed by atoms with Crippen LogP contribution >= 0.6 is 0 Å². The molecule has 0 spiro atoms. The fraction of sp³-hybridized carbons (Fsp3) is 0.200. The molecule has 1 aliphatic rings. The Morgan fingerprint density at radius 2 is 2.00 bits per heavy atom. The lowest BCUT2D eigenvalue weighted by Gasteiger charge is -2.12. The molecule has 1 fully saturated rings. The van der Waals surface area contributed by atoms with Crippen LogP contribution < -0.4 is 15.6 Å². The van der Waals surface area contributed by atoms with Gasteiger partial charge in [0.15, 0.2) is 0 Å². The molecule has 0 radical (unpaired) electrons. The van der Waals surface area contributed by atoms with Crippen LogP contribution in [0.15, 0.2) is 71.9 Å². The van der Waals surface area contributed by atoms with Crippen LogP contribution in [0.5, 0.6) is 5.75 Å². The Labute approximate surface area is 184 Å². The molecule has 2 heterocycles. The van der Waals surface area contributed by atoms with E-state index < -0.39 is 0 Å². The van der Waals surface area contributed by atoms with Gasteiger partial charge in [-0.2, -0.15) is 0 Å². The maximum Gasteiger partial charge on any atom is 0.265 e. The van der Waals surface area contributed by atoms with E-state index in [0.29, 0.717) is 34.5 Å². The Balaban J connectivity index is 1.48. The van der Waals surface area contributed by atoms with Crippen LogP contribution in [0.25, 0.3) is 16.6 Å². The highest BCUT2D eigenvalue weighted by Crippen LogP contribution is 2.22. The van der Waals surface area contributed by atoms with Crippen LogP contribution in [0.4, 0.5) is 0 Å². The number of aromatic nitrogens is 3. The van der Waals surface area contributed by atoms with E-state index >= 15 is 0 Å². The maximum atomic E-state index is 13.3. The minimum atomic E-state index is -0.221. The van der Waals surface area contributed by atoms with Gasteiger partial charge in [-0.3, -0.25) is 19.1 Å². The largest absolute Gasteiger partial charge is 0.487 e. The van der Waals surface area contributed by atoms with Crippen LogP contribution in [-0.4, -0.2) is 26.5 Å². The number of rotatable bonds is 6. The van der Waals surface area contributed by atoms with Crippen molar-refractivity contribution in [1.82, 2.24) is 19.9 Å². The molecule has 2 aromatic heterocycles. The molecule has 1 N–H and O–H groups in total. The number of nitrogens with one attached hydrogen (secondary N) is 1. The van der Waals surface area contributed by atoms with Crippen molar-refractivity contribution >= 4 is 16.8 Å². The van der Waals surface area contributed by atoms with E-state index in [1.54, 1.807) is 36.5 Å². The van der Waals surface area contributed by atoms with E-state index in [1.807, 2.05) is 31.2 Å². The van der Waals surface area contributed by atoms with E-state index in [1.165, 1.54) is 10.9 Å². The molecule has 0 saturated heterocycles. The van der Waals surface area contributed by atoms with Gasteiger partial charge in [0.2, 0.25) is 0 Å². The Kier molecular flexibility index (Phi) is 5.15. The molecule has 1 aliphatic carbocycles. The summed E-state index contributed by atoms with van der Waals surface area (Å²) < 4.78 is 7.31. The molecule has 0 bridgehead atoms. The van der Waals surface area contributed by atoms with Gasteiger partial charge >= 0.3 is 0 Å². The average Bonchev–Trinajstić information content (AvgIpc) is 3.63. The Hall–Kier alpha value is -4.00. The van der Waals surface area contributed by atoms with Crippen molar-refractivity contribution in [2.24, 2.45) is 0 Å². The fourth-order valence-corrected chi connectivity index (χ4v) is 3.51. The summed E-state index contributed by atoms with van der Waals surface area (Å²) >= 11 is 0. The van der Waals surface area contributed by atoms with Gasteiger partial charge in [0.05, 0.1) is 22.3 Å². The number of benzene rings is 2. The lowest BCUT2D eigenvalue weighted by atomic mass is 10.1. The molecular formula is C25H22N4O3. The molecule has 0 unspecified atom stereocenters. The van der Waals surface area contributed by atoms with Gasteiger partial charge in [-0.25, -0.2) is 4.98 Å². The monoisotopic (exact) mass is 426 g/mol. The summed E-state index contributed by atoms with van der Waals surface area (Å²) in [5.74, 6) is 0.440. The third-order valence-electron chi connectivity index (χ3n) is 5.49. The third kappa shape index (κ3) is 4.09. The standard InChI is InChI=1S/C25H22N4O3/c1-16-5-6-17(24(30)28-18-7-8-18)12-23(16)29-15-27-22-10-9-20(13-21(22)25(29)31)32-14-19-4-2-3-11-26-19/h2-6,9-13,15,18H,7-8,14H2,1H3,(H,28,30). The molecule has 160 valence electrons. The molecule has 0 atom stereocenters. The van der Waals surface area contributed by atoms with E-state index in [-0.39, 0.29) is 17.5 Å². The zero-order valence-corrected chi connectivity index (χ0v) is 17.6. The first kappa shape index (κ1) is 19.9. The predicted octanol–water partition coefficient (Wildman–Crippen LogP) is 3.56. The van der Waals surface area contributed by atoms with Crippen molar-refractivity contribution in [3.63, 3.8) is 0 Å². The maximum absolute atomic E-state index is 13.3. The number of ether oxygens (including phenoxy) is 1. The van der Waals surface area contributed by atoms with Crippen LogP contribution in [-0.2, 0) is 6.61 Å². The molecule has 2 aromatic carbocycles. The zero-order chi connectivity index (χ0) is 22.1. The van der Waals surface area contributed by atoms with Gasteiger partial charge in [-0.05, 0) is 67.8 Å². The first-order chi connectivity index (χ1) is 15.6. The zero-order valence-electron chi connectivity index (χ0n) is 17.6. The second-order valence-electron chi connectivity index (χ2n) is 7.96. The third-order valence-corrected chi connectivity index (χ3v) is 5.49. The van der Waals surface area contributed by atoms with Gasteiger partial charge < -0.3 is 10.1 Å². The number of pyridine rings is 1. The summed E-state index contributed by atoms with van der Waals surface area (Å²) in [5, 5.41) is 3.43. The van der Waals surface area contributed by atoms with Gasteiger partial charge in [-0.1, -0.05) is 12.1 Å². The molecule has 5 rings (SSSR count). The van der Waals surface area contributed by atoms with Crippen molar-refractivity contribution in [2.45, 2.75) is 32.4 Å². The lowest BCUT2D eigenvalue weighted by Crippen LogP contribution is -2.26. The number of hydrogen-bond acceptors (Lipinski definition) is 5. The topological polar surface area (TPSA) is 86.1 Å². The van der Waals surface area contributed by atoms with Crippen molar-refractivity contribution in [2.75, 3.05) is 0 Å². The van der Waals surface area contributed by atoms with Gasteiger partial charge in [0.25, 0.3) is 11.5 Å². The number of nitrogens with zero attached hydrogens (tertiary/aromatic N) is 3. The number of aryl methyl sites for hydroxylation is 1. The number of fused-ring (bicyclic) bond motifs is 1. The second-order valence-corrected chi connectivity index (χ2v) is 7.96. The molecule has 1 amide bonds. The SMILES string of the molecule is Cc1ccc(C(=O)NC2CC2)cc1-n1cnc2ccc(OCc3ccccn3)cc2c1=O. The van der Waals surface area contributed by atoms with Crippen LogP contribution in [0, 0.1) is 6.92 Å². The Morgan fingerprint density at radius 1 is 1.12 bits per heavy atom. The average molecular weight is 426 g/mol. The van der Waals surface area contributed by atoms with E-state index in [0.717, 1.165) is 24.1 Å². The summed E-state index contributed by atoms with van der Waals surface area (Å²) in [6, 6.07) is 16.5. The van der Waals surface area contributed by atoms with E-state index in [9.17, 15) is 9.59 Å². The van der Waals surface area contributed by atoms with E-state index in [4.69, 9.17) is 4.74 Å². The quantitative estimate of drug-likeness (QED) is 0.510. The molecule has 32 heavy (non-hydrogen) atoms. The summed E-state index contributed by atoms with van der Waals surface area (Å²) in [6.07, 6.45) is 5.25. The lowest BCUT2D eigenvalue weighted by molar-refractivity contribution is 0.0951. The van der Waals surface area contributed by atoms with Crippen molar-refractivity contribution in [1.29, 1.82) is 0 Å². The molecule has 7 nitrogen and oxygen atoms in total. The second kappa shape index (κ2) is 8.26. The summed E-state index contributed by atoms with van der Waals surface area (Å²) in [4.78, 5) is 34.5. The smallest absolute Gasteiger partial charge is 0.265 e. The Bertz CT molecular complexity index is 1360. The van der Waals surface area contributed by atoms with Gasteiger partial charge in [0.1, 0.15) is 18.7 Å². The minimum Gasteiger partial charge on any atom is -0.487 e. The Morgan fingerprint density at radius 3 is 2.78 bits per heavy atom. The van der Waals surface area contributed by atoms with Crippen LogP contribution in [0.3, 0.4) is 0 Å². The first-order valence-electron chi connectivity index (χ1n) is 10.5. The number of amides is 1. The van der Waals surface area contributed by atoms with E-state index in [2.05, 4.69) is 15.3 Å². The van der Waals surface area contributed by atoms with Crippen molar-refractivity contribution in [3.8, 4) is 11.4 Å². The van der Waals surface area contributed by atoms with Gasteiger partial charge in [0, 0.05) is 17.8 Å². The molecule has 7 heteroatoms. The number of carbonyl (C=O) groups is 1. The predicted molar refractivity (Wildman–Crippen MR) is 121 cm³/mol. The fourth-order valence-electron chi connectivity index (χ4n) is 3.51. The highest BCUT2D eigenvalue weighted by molar-refractivity contribution is 5.95. The molecular weight excluding hydrogens is 404 g/mol. The summed E-state index contributed by atoms with van der Waals surface area (Å²) in [6.45, 7) is 2.21. The first-order valence-corrected chi connectivity index (χ1v) is 10.5. The summed E-state index contributed by atoms with van der Waals surface area (Å²) in [5.41, 5.74) is 3.19. The highest BCUT2D eigenvalue weighted by atomic mass is 16.5. The summed E-state index contributed by atoms with van der Waals surface area (Å²) in [7, 11) is 0. The molecule has 1 saturated carbocycles. The van der Waals surface area contributed by atoms with Crippen molar-refractivity contribution < 1.29 is 9.53 Å². The van der Waals surface area contributed by atoms with Gasteiger partial charge in [-0.15, -0.1) is 0 Å². The minimum absolute atomic E-state index is 0.124. The molecule has 4 aromatic rings. The number of carbonyl (C=O) groups excluding carboxylic acids is 1.